The van der Waals surface area contributed by atoms with Gasteiger partial charge in [0.2, 0.25) is 0 Å². The summed E-state index contributed by atoms with van der Waals surface area (Å²) in [7, 11) is 1.28. The number of nitriles is 1. The number of esters is 1. The van der Waals surface area contributed by atoms with Crippen LogP contribution in [0, 0.1) is 17.2 Å². The van der Waals surface area contributed by atoms with Crippen LogP contribution in [0.15, 0.2) is 24.3 Å². The number of hydrogen-bond donors (Lipinski definition) is 1. The predicted molar refractivity (Wildman–Crippen MR) is 80.1 cm³/mol. The summed E-state index contributed by atoms with van der Waals surface area (Å²) in [6, 6.07) is 7.81. The van der Waals surface area contributed by atoms with Gasteiger partial charge in [-0.15, -0.1) is 0 Å². The van der Waals surface area contributed by atoms with E-state index in [-0.39, 0.29) is 12.5 Å². The highest BCUT2D eigenvalue weighted by Crippen LogP contribution is 2.12. The number of nitrogens with zero attached hydrogens (tertiary/aromatic N) is 1. The lowest BCUT2D eigenvalue weighted by atomic mass is 10.0. The zero-order valence-electron chi connectivity index (χ0n) is 13.0. The van der Waals surface area contributed by atoms with Crippen LogP contribution in [0.5, 0.6) is 5.75 Å². The van der Waals surface area contributed by atoms with E-state index in [1.165, 1.54) is 7.11 Å². The molecule has 0 aliphatic rings. The Morgan fingerprint density at radius 1 is 1.36 bits per heavy atom. The summed E-state index contributed by atoms with van der Waals surface area (Å²) in [5.41, 5.74) is 0.449. The molecular weight excluding hydrogens is 284 g/mol. The van der Waals surface area contributed by atoms with E-state index in [2.05, 4.69) is 10.1 Å². The third kappa shape index (κ3) is 5.83. The van der Waals surface area contributed by atoms with Crippen molar-refractivity contribution in [2.75, 3.05) is 13.7 Å². The largest absolute Gasteiger partial charge is 0.484 e. The average Bonchev–Trinajstić information content (AvgIpc) is 2.51. The summed E-state index contributed by atoms with van der Waals surface area (Å²) >= 11 is 0. The lowest BCUT2D eigenvalue weighted by molar-refractivity contribution is -0.145. The summed E-state index contributed by atoms with van der Waals surface area (Å²) in [6.07, 6.45) is 0.488. The van der Waals surface area contributed by atoms with E-state index in [1.54, 1.807) is 24.3 Å². The second kappa shape index (κ2) is 8.67. The van der Waals surface area contributed by atoms with Crippen LogP contribution in [0.1, 0.15) is 25.8 Å². The fraction of sp³-hybridized carbons (Fsp3) is 0.438. The van der Waals surface area contributed by atoms with Crippen molar-refractivity contribution in [2.24, 2.45) is 5.92 Å². The van der Waals surface area contributed by atoms with Crippen molar-refractivity contribution in [3.63, 3.8) is 0 Å². The van der Waals surface area contributed by atoms with Gasteiger partial charge >= 0.3 is 5.97 Å². The van der Waals surface area contributed by atoms with Crippen LogP contribution in [-0.2, 0) is 14.3 Å². The van der Waals surface area contributed by atoms with Gasteiger partial charge in [0.05, 0.1) is 18.7 Å². The molecule has 1 amide bonds. The third-order valence-corrected chi connectivity index (χ3v) is 2.86. The van der Waals surface area contributed by atoms with Gasteiger partial charge in [-0.25, -0.2) is 4.79 Å². The summed E-state index contributed by atoms with van der Waals surface area (Å²) < 4.78 is 9.99. The first-order chi connectivity index (χ1) is 10.5. The number of nitrogens with one attached hydrogen (secondary N) is 1. The number of benzene rings is 1. The van der Waals surface area contributed by atoms with Crippen LogP contribution in [0.4, 0.5) is 0 Å². The molecule has 1 N–H and O–H groups in total. The summed E-state index contributed by atoms with van der Waals surface area (Å²) in [5, 5.41) is 11.4. The highest BCUT2D eigenvalue weighted by molar-refractivity contribution is 5.85. The van der Waals surface area contributed by atoms with Crippen LogP contribution < -0.4 is 10.1 Å². The van der Waals surface area contributed by atoms with Gasteiger partial charge in [0.25, 0.3) is 5.91 Å². The maximum Gasteiger partial charge on any atom is 0.328 e. The van der Waals surface area contributed by atoms with Crippen LogP contribution >= 0.6 is 0 Å². The number of carbonyl (C=O) groups is 2. The summed E-state index contributed by atoms with van der Waals surface area (Å²) in [4.78, 5) is 23.5. The van der Waals surface area contributed by atoms with E-state index in [9.17, 15) is 9.59 Å². The molecule has 0 heterocycles. The molecule has 118 valence electrons. The number of carbonyl (C=O) groups excluding carboxylic acids is 2. The second-order valence-electron chi connectivity index (χ2n) is 5.20. The summed E-state index contributed by atoms with van der Waals surface area (Å²) in [5.74, 6) is -0.239. The topological polar surface area (TPSA) is 88.4 Å². The molecule has 0 aliphatic carbocycles. The molecule has 1 aromatic carbocycles. The van der Waals surface area contributed by atoms with Gasteiger partial charge in [0, 0.05) is 0 Å². The minimum atomic E-state index is -0.688. The maximum atomic E-state index is 11.9. The Labute approximate surface area is 130 Å². The van der Waals surface area contributed by atoms with Crippen molar-refractivity contribution in [2.45, 2.75) is 26.3 Å². The first kappa shape index (κ1) is 17.5. The molecule has 0 aliphatic heterocycles. The number of hydrogen-bond acceptors (Lipinski definition) is 5. The molecule has 6 nitrogen and oxygen atoms in total. The molecule has 0 radical (unpaired) electrons. The Morgan fingerprint density at radius 3 is 2.68 bits per heavy atom. The van der Waals surface area contributed by atoms with Gasteiger partial charge in [-0.05, 0) is 30.5 Å². The van der Waals surface area contributed by atoms with E-state index in [4.69, 9.17) is 10.00 Å². The van der Waals surface area contributed by atoms with Gasteiger partial charge < -0.3 is 14.8 Å². The molecule has 1 rings (SSSR count). The molecule has 0 fully saturated rings. The van der Waals surface area contributed by atoms with E-state index in [0.29, 0.717) is 17.7 Å². The number of rotatable bonds is 7. The van der Waals surface area contributed by atoms with Crippen molar-refractivity contribution >= 4 is 11.9 Å². The fourth-order valence-electron chi connectivity index (χ4n) is 1.87. The smallest absolute Gasteiger partial charge is 0.328 e. The van der Waals surface area contributed by atoms with Crippen LogP contribution in [0.3, 0.4) is 0 Å². The van der Waals surface area contributed by atoms with Gasteiger partial charge in [-0.2, -0.15) is 5.26 Å². The van der Waals surface area contributed by atoms with Crippen molar-refractivity contribution in [1.29, 1.82) is 5.26 Å². The Hall–Kier alpha value is -2.55. The number of amides is 1. The van der Waals surface area contributed by atoms with Crippen molar-refractivity contribution in [1.82, 2.24) is 5.32 Å². The molecule has 0 saturated carbocycles. The Morgan fingerprint density at radius 2 is 2.09 bits per heavy atom. The predicted octanol–water partition coefficient (Wildman–Crippen LogP) is 1.64. The van der Waals surface area contributed by atoms with E-state index in [1.807, 2.05) is 19.9 Å². The highest BCUT2D eigenvalue weighted by Gasteiger charge is 2.22. The van der Waals surface area contributed by atoms with E-state index in [0.717, 1.165) is 0 Å². The highest BCUT2D eigenvalue weighted by atomic mass is 16.5. The Balaban J connectivity index is 2.56. The zero-order valence-corrected chi connectivity index (χ0v) is 13.0. The maximum absolute atomic E-state index is 11.9. The van der Waals surface area contributed by atoms with E-state index >= 15 is 0 Å². The molecular formula is C16H20N2O4. The molecule has 0 unspecified atom stereocenters. The fourth-order valence-corrected chi connectivity index (χ4v) is 1.87. The van der Waals surface area contributed by atoms with Gasteiger partial charge in [-0.1, -0.05) is 19.9 Å². The molecule has 22 heavy (non-hydrogen) atoms. The monoisotopic (exact) mass is 304 g/mol. The standard InChI is InChI=1S/C16H20N2O4/c1-11(2)7-14(16(20)21-3)18-15(19)10-22-13-6-4-5-12(8-13)9-17/h4-6,8,11,14H,7,10H2,1-3H3,(H,18,19)/t14-/m1/s1. The Kier molecular flexibility index (Phi) is 6.90. The molecule has 1 atom stereocenters. The molecule has 0 spiro atoms. The summed E-state index contributed by atoms with van der Waals surface area (Å²) in [6.45, 7) is 3.67. The molecule has 0 saturated heterocycles. The quantitative estimate of drug-likeness (QED) is 0.774. The minimum Gasteiger partial charge on any atom is -0.484 e. The lowest BCUT2D eigenvalue weighted by Gasteiger charge is -2.18. The number of ether oxygens (including phenoxy) is 2. The normalized spacial score (nSPS) is 11.4. The molecule has 1 aromatic rings. The van der Waals surface area contributed by atoms with Gasteiger partial charge in [0.15, 0.2) is 6.61 Å². The minimum absolute atomic E-state index is 0.234. The van der Waals surface area contributed by atoms with E-state index < -0.39 is 17.9 Å². The molecule has 0 bridgehead atoms. The van der Waals surface area contributed by atoms with Crippen LogP contribution in [-0.4, -0.2) is 31.6 Å². The van der Waals surface area contributed by atoms with Gasteiger partial charge in [-0.3, -0.25) is 4.79 Å². The molecule has 0 aromatic heterocycles. The SMILES string of the molecule is COC(=O)[C@@H](CC(C)C)NC(=O)COc1cccc(C#N)c1. The second-order valence-corrected chi connectivity index (χ2v) is 5.20. The molecule has 6 heteroatoms. The van der Waals surface area contributed by atoms with Crippen molar-refractivity contribution in [3.8, 4) is 11.8 Å². The van der Waals surface area contributed by atoms with Crippen molar-refractivity contribution < 1.29 is 19.1 Å². The third-order valence-electron chi connectivity index (χ3n) is 2.86. The Bertz CT molecular complexity index is 564. The zero-order chi connectivity index (χ0) is 16.5. The van der Waals surface area contributed by atoms with Crippen molar-refractivity contribution in [3.05, 3.63) is 29.8 Å². The lowest BCUT2D eigenvalue weighted by Crippen LogP contribution is -2.44. The van der Waals surface area contributed by atoms with Gasteiger partial charge in [0.1, 0.15) is 11.8 Å². The first-order valence-corrected chi connectivity index (χ1v) is 6.96. The first-order valence-electron chi connectivity index (χ1n) is 6.96. The average molecular weight is 304 g/mol. The van der Waals surface area contributed by atoms with Crippen LogP contribution in [0.25, 0.3) is 0 Å². The van der Waals surface area contributed by atoms with Crippen LogP contribution in [0.2, 0.25) is 0 Å². The number of methoxy groups -OCH3 is 1.